The Morgan fingerprint density at radius 1 is 1.26 bits per heavy atom. The molecule has 0 bridgehead atoms. The van der Waals surface area contributed by atoms with Crippen LogP contribution in [0.2, 0.25) is 0 Å². The second-order valence-electron chi connectivity index (χ2n) is 5.66. The molecule has 9 heteroatoms. The molecule has 0 fully saturated rings. The van der Waals surface area contributed by atoms with E-state index in [1.807, 2.05) is 0 Å². The highest BCUT2D eigenvalue weighted by molar-refractivity contribution is 5.92. The summed E-state index contributed by atoms with van der Waals surface area (Å²) < 4.78 is 24.1. The highest BCUT2D eigenvalue weighted by Crippen LogP contribution is 2.23. The molecule has 0 saturated carbocycles. The van der Waals surface area contributed by atoms with Crippen molar-refractivity contribution in [1.82, 2.24) is 0 Å². The summed E-state index contributed by atoms with van der Waals surface area (Å²) >= 11 is 0. The van der Waals surface area contributed by atoms with Crippen LogP contribution in [0.15, 0.2) is 51.7 Å². The summed E-state index contributed by atoms with van der Waals surface area (Å²) in [5.74, 6) is -1.25. The molecule has 0 radical (unpaired) electrons. The van der Waals surface area contributed by atoms with E-state index >= 15 is 0 Å². The van der Waals surface area contributed by atoms with Crippen molar-refractivity contribution in [2.24, 2.45) is 0 Å². The Bertz CT molecular complexity index is 1110. The summed E-state index contributed by atoms with van der Waals surface area (Å²) in [6.07, 6.45) is 0. The SMILES string of the molecule is Cc1cc(=O)oc2cc(OCC(=O)Nc3cc([N+](=O)[O-])ccc3F)ccc12. The largest absolute Gasteiger partial charge is 0.484 e. The van der Waals surface area contributed by atoms with Gasteiger partial charge in [-0.25, -0.2) is 9.18 Å². The average molecular weight is 372 g/mol. The van der Waals surface area contributed by atoms with Crippen molar-refractivity contribution in [2.75, 3.05) is 11.9 Å². The highest BCUT2D eigenvalue weighted by Gasteiger charge is 2.14. The molecule has 1 N–H and O–H groups in total. The van der Waals surface area contributed by atoms with E-state index in [1.165, 1.54) is 12.1 Å². The Morgan fingerprint density at radius 3 is 2.78 bits per heavy atom. The predicted octanol–water partition coefficient (Wildman–Crippen LogP) is 3.17. The molecular weight excluding hydrogens is 359 g/mol. The summed E-state index contributed by atoms with van der Waals surface area (Å²) in [6, 6.07) is 8.90. The van der Waals surface area contributed by atoms with Crippen molar-refractivity contribution < 1.29 is 23.3 Å². The standard InChI is InChI=1S/C18H13FN2O6/c1-10-6-18(23)27-16-8-12(3-4-13(10)16)26-9-17(22)20-15-7-11(21(24)25)2-5-14(15)19/h2-8H,9H2,1H3,(H,20,22). The number of aryl methyl sites for hydroxylation is 1. The van der Waals surface area contributed by atoms with E-state index in [2.05, 4.69) is 5.32 Å². The van der Waals surface area contributed by atoms with Gasteiger partial charge in [0.15, 0.2) is 6.61 Å². The molecule has 0 saturated heterocycles. The van der Waals surface area contributed by atoms with Crippen molar-refractivity contribution in [2.45, 2.75) is 6.92 Å². The van der Waals surface area contributed by atoms with Gasteiger partial charge in [-0.05, 0) is 30.7 Å². The number of nitro benzene ring substituents is 1. The molecular formula is C18H13FN2O6. The zero-order valence-corrected chi connectivity index (χ0v) is 14.0. The van der Waals surface area contributed by atoms with Crippen LogP contribution in [0.1, 0.15) is 5.56 Å². The lowest BCUT2D eigenvalue weighted by molar-refractivity contribution is -0.384. The van der Waals surface area contributed by atoms with E-state index in [0.29, 0.717) is 5.58 Å². The number of hydrogen-bond donors (Lipinski definition) is 1. The normalized spacial score (nSPS) is 10.6. The maximum absolute atomic E-state index is 13.7. The molecule has 0 spiro atoms. The van der Waals surface area contributed by atoms with E-state index < -0.39 is 28.9 Å². The number of carbonyl (C=O) groups is 1. The van der Waals surface area contributed by atoms with Crippen LogP contribution in [-0.2, 0) is 4.79 Å². The molecule has 1 heterocycles. The average Bonchev–Trinajstić information content (AvgIpc) is 2.61. The van der Waals surface area contributed by atoms with Crippen molar-refractivity contribution in [3.05, 3.63) is 74.4 Å². The van der Waals surface area contributed by atoms with Gasteiger partial charge < -0.3 is 14.5 Å². The molecule has 0 aliphatic carbocycles. The quantitative estimate of drug-likeness (QED) is 0.418. The molecule has 8 nitrogen and oxygen atoms in total. The van der Waals surface area contributed by atoms with Gasteiger partial charge in [-0.1, -0.05) is 0 Å². The number of nitro groups is 1. The maximum Gasteiger partial charge on any atom is 0.336 e. The molecule has 0 aliphatic rings. The number of anilines is 1. The van der Waals surface area contributed by atoms with Crippen molar-refractivity contribution in [3.8, 4) is 5.75 Å². The van der Waals surface area contributed by atoms with E-state index in [1.54, 1.807) is 19.1 Å². The van der Waals surface area contributed by atoms with E-state index in [9.17, 15) is 24.1 Å². The van der Waals surface area contributed by atoms with Gasteiger partial charge >= 0.3 is 5.63 Å². The van der Waals surface area contributed by atoms with Gasteiger partial charge in [-0.3, -0.25) is 14.9 Å². The second kappa shape index (κ2) is 7.24. The first kappa shape index (κ1) is 18.1. The lowest BCUT2D eigenvalue weighted by Gasteiger charge is -2.09. The zero-order valence-electron chi connectivity index (χ0n) is 14.0. The number of amides is 1. The van der Waals surface area contributed by atoms with Crippen molar-refractivity contribution in [1.29, 1.82) is 0 Å². The van der Waals surface area contributed by atoms with Crippen molar-refractivity contribution >= 4 is 28.3 Å². The van der Waals surface area contributed by atoms with Gasteiger partial charge in [0.1, 0.15) is 17.1 Å². The molecule has 0 aliphatic heterocycles. The fourth-order valence-corrected chi connectivity index (χ4v) is 2.45. The molecule has 0 atom stereocenters. The molecule has 3 rings (SSSR count). The van der Waals surface area contributed by atoms with Crippen LogP contribution in [-0.4, -0.2) is 17.4 Å². The van der Waals surface area contributed by atoms with Crippen LogP contribution in [0.4, 0.5) is 15.8 Å². The number of ether oxygens (including phenoxy) is 1. The first-order valence-electron chi connectivity index (χ1n) is 7.74. The maximum atomic E-state index is 13.7. The Labute approximate surface area is 151 Å². The third kappa shape index (κ3) is 4.09. The van der Waals surface area contributed by atoms with Crippen LogP contribution in [0.25, 0.3) is 11.0 Å². The Kier molecular flexibility index (Phi) is 4.84. The number of rotatable bonds is 5. The third-order valence-corrected chi connectivity index (χ3v) is 3.73. The number of nitrogens with one attached hydrogen (secondary N) is 1. The van der Waals surface area contributed by atoms with E-state index in [4.69, 9.17) is 9.15 Å². The Hall–Kier alpha value is -3.75. The van der Waals surface area contributed by atoms with Gasteiger partial charge in [0.05, 0.1) is 10.6 Å². The highest BCUT2D eigenvalue weighted by atomic mass is 19.1. The van der Waals surface area contributed by atoms with Gasteiger partial charge in [0.25, 0.3) is 11.6 Å². The summed E-state index contributed by atoms with van der Waals surface area (Å²) in [6.45, 7) is 1.30. The molecule has 2 aromatic carbocycles. The fraction of sp³-hybridized carbons (Fsp3) is 0.111. The number of non-ortho nitro benzene ring substituents is 1. The summed E-state index contributed by atoms with van der Waals surface area (Å²) in [7, 11) is 0. The topological polar surface area (TPSA) is 112 Å². The van der Waals surface area contributed by atoms with Gasteiger partial charge in [0.2, 0.25) is 0 Å². The second-order valence-corrected chi connectivity index (χ2v) is 5.66. The lowest BCUT2D eigenvalue weighted by atomic mass is 10.1. The van der Waals surface area contributed by atoms with Crippen LogP contribution < -0.4 is 15.7 Å². The minimum Gasteiger partial charge on any atom is -0.484 e. The number of fused-ring (bicyclic) bond motifs is 1. The van der Waals surface area contributed by atoms with E-state index in [-0.39, 0.29) is 17.1 Å². The number of halogens is 1. The summed E-state index contributed by atoms with van der Waals surface area (Å²) in [4.78, 5) is 33.4. The van der Waals surface area contributed by atoms with Crippen LogP contribution in [0.3, 0.4) is 0 Å². The lowest BCUT2D eigenvalue weighted by Crippen LogP contribution is -2.20. The third-order valence-electron chi connectivity index (χ3n) is 3.73. The smallest absolute Gasteiger partial charge is 0.336 e. The Morgan fingerprint density at radius 2 is 2.04 bits per heavy atom. The minimum absolute atomic E-state index is 0.269. The molecule has 1 amide bonds. The fourth-order valence-electron chi connectivity index (χ4n) is 2.45. The minimum atomic E-state index is -0.808. The number of benzene rings is 2. The molecule has 138 valence electrons. The van der Waals surface area contributed by atoms with Gasteiger partial charge in [-0.2, -0.15) is 0 Å². The number of hydrogen-bond acceptors (Lipinski definition) is 6. The van der Waals surface area contributed by atoms with Crippen LogP contribution >= 0.6 is 0 Å². The Balaban J connectivity index is 1.71. The first-order valence-corrected chi connectivity index (χ1v) is 7.74. The van der Waals surface area contributed by atoms with Gasteiger partial charge in [-0.15, -0.1) is 0 Å². The van der Waals surface area contributed by atoms with E-state index in [0.717, 1.165) is 29.1 Å². The molecule has 27 heavy (non-hydrogen) atoms. The van der Waals surface area contributed by atoms with Gasteiger partial charge in [0, 0.05) is 29.7 Å². The van der Waals surface area contributed by atoms with Crippen LogP contribution in [0, 0.1) is 22.9 Å². The summed E-state index contributed by atoms with van der Waals surface area (Å²) in [5.41, 5.74) is -0.129. The van der Waals surface area contributed by atoms with Crippen molar-refractivity contribution in [3.63, 3.8) is 0 Å². The number of nitrogens with zero attached hydrogens (tertiary/aromatic N) is 1. The first-order chi connectivity index (χ1) is 12.8. The van der Waals surface area contributed by atoms with Crippen LogP contribution in [0.5, 0.6) is 5.75 Å². The zero-order chi connectivity index (χ0) is 19.6. The predicted molar refractivity (Wildman–Crippen MR) is 94.4 cm³/mol. The summed E-state index contributed by atoms with van der Waals surface area (Å²) in [5, 5.41) is 13.7. The molecule has 1 aromatic heterocycles. The molecule has 3 aromatic rings. The monoisotopic (exact) mass is 372 g/mol. The number of carbonyl (C=O) groups excluding carboxylic acids is 1. The molecule has 0 unspecified atom stereocenters.